The molecule has 3 aromatic rings. The maximum Gasteiger partial charge on any atom is 0.264 e. The van der Waals surface area contributed by atoms with Crippen LogP contribution in [0.25, 0.3) is 0 Å². The molecule has 10 heteroatoms. The summed E-state index contributed by atoms with van der Waals surface area (Å²) in [6.45, 7) is 7.08. The molecule has 0 aliphatic rings. The van der Waals surface area contributed by atoms with Crippen LogP contribution < -0.4 is 9.62 Å². The van der Waals surface area contributed by atoms with Crippen LogP contribution in [0.5, 0.6) is 0 Å². The lowest BCUT2D eigenvalue weighted by Crippen LogP contribution is -2.53. The van der Waals surface area contributed by atoms with Gasteiger partial charge in [-0.05, 0) is 67.6 Å². The van der Waals surface area contributed by atoms with Gasteiger partial charge in [0.2, 0.25) is 11.8 Å². The van der Waals surface area contributed by atoms with Crippen molar-refractivity contribution < 1.29 is 18.0 Å². The standard InChI is InChI=1S/C31H37Cl2N3O4S/c1-5-22(4)34-31(38)28(7-3)35(20-24-17-18-25(32)19-27(24)33)30(37)21-36(29-16-12-11-13-23(29)6-2)41(39,40)26-14-9-8-10-15-26/h8-19,22,28H,5-7,20-21H2,1-4H3,(H,34,38)/t22-,28-/m1/s1. The van der Waals surface area contributed by atoms with Gasteiger partial charge in [0, 0.05) is 22.6 Å². The smallest absolute Gasteiger partial charge is 0.264 e. The van der Waals surface area contributed by atoms with Crippen molar-refractivity contribution in [2.45, 2.75) is 70.5 Å². The van der Waals surface area contributed by atoms with Gasteiger partial charge in [-0.2, -0.15) is 0 Å². The Morgan fingerprint density at radius 2 is 1.54 bits per heavy atom. The number of carbonyl (C=O) groups is 2. The summed E-state index contributed by atoms with van der Waals surface area (Å²) in [4.78, 5) is 29.1. The molecule has 3 rings (SSSR count). The largest absolute Gasteiger partial charge is 0.352 e. The third-order valence-corrected chi connectivity index (χ3v) is 9.35. The first-order chi connectivity index (χ1) is 19.5. The fourth-order valence-corrected chi connectivity index (χ4v) is 6.42. The van der Waals surface area contributed by atoms with E-state index in [9.17, 15) is 18.0 Å². The van der Waals surface area contributed by atoms with Crippen LogP contribution in [0.4, 0.5) is 5.69 Å². The first-order valence-corrected chi connectivity index (χ1v) is 15.9. The molecule has 0 unspecified atom stereocenters. The van der Waals surface area contributed by atoms with Gasteiger partial charge in [-0.1, -0.05) is 86.4 Å². The van der Waals surface area contributed by atoms with E-state index in [2.05, 4.69) is 5.32 Å². The summed E-state index contributed by atoms with van der Waals surface area (Å²) < 4.78 is 29.2. The molecule has 0 spiro atoms. The zero-order valence-corrected chi connectivity index (χ0v) is 26.1. The van der Waals surface area contributed by atoms with Crippen molar-refractivity contribution in [2.75, 3.05) is 10.8 Å². The first kappa shape index (κ1) is 32.4. The lowest BCUT2D eigenvalue weighted by atomic mass is 10.1. The molecule has 0 heterocycles. The molecule has 220 valence electrons. The number of nitrogens with one attached hydrogen (secondary N) is 1. The molecule has 0 radical (unpaired) electrons. The summed E-state index contributed by atoms with van der Waals surface area (Å²) >= 11 is 12.6. The molecule has 2 amide bonds. The molecule has 0 bridgehead atoms. The average Bonchev–Trinajstić information content (AvgIpc) is 2.97. The Morgan fingerprint density at radius 1 is 0.878 bits per heavy atom. The van der Waals surface area contributed by atoms with Gasteiger partial charge in [-0.3, -0.25) is 13.9 Å². The molecule has 7 nitrogen and oxygen atoms in total. The van der Waals surface area contributed by atoms with Crippen molar-refractivity contribution in [1.82, 2.24) is 10.2 Å². The van der Waals surface area contributed by atoms with Gasteiger partial charge in [-0.25, -0.2) is 8.42 Å². The normalized spacial score (nSPS) is 12.8. The van der Waals surface area contributed by atoms with Crippen molar-refractivity contribution >= 4 is 50.7 Å². The lowest BCUT2D eigenvalue weighted by molar-refractivity contribution is -0.140. The number of sulfonamides is 1. The summed E-state index contributed by atoms with van der Waals surface area (Å²) in [5.41, 5.74) is 1.77. The Labute approximate surface area is 253 Å². The fraction of sp³-hybridized carbons (Fsp3) is 0.355. The number of amides is 2. The summed E-state index contributed by atoms with van der Waals surface area (Å²) in [5, 5.41) is 3.75. The second kappa shape index (κ2) is 14.7. The zero-order chi connectivity index (χ0) is 30.2. The number of anilines is 1. The van der Waals surface area contributed by atoms with E-state index in [1.165, 1.54) is 17.0 Å². The van der Waals surface area contributed by atoms with E-state index < -0.39 is 28.5 Å². The second-order valence-corrected chi connectivity index (χ2v) is 12.5. The Hall–Kier alpha value is -3.07. The maximum absolute atomic E-state index is 14.2. The molecule has 3 aromatic carbocycles. The molecular formula is C31H37Cl2N3O4S. The van der Waals surface area contributed by atoms with Gasteiger partial charge < -0.3 is 10.2 Å². The van der Waals surface area contributed by atoms with Crippen molar-refractivity contribution in [3.63, 3.8) is 0 Å². The van der Waals surface area contributed by atoms with Crippen LogP contribution in [0, 0.1) is 0 Å². The number of benzene rings is 3. The van der Waals surface area contributed by atoms with E-state index in [-0.39, 0.29) is 23.4 Å². The first-order valence-electron chi connectivity index (χ1n) is 13.7. The third kappa shape index (κ3) is 8.03. The average molecular weight is 619 g/mol. The number of rotatable bonds is 13. The van der Waals surface area contributed by atoms with E-state index in [0.717, 1.165) is 16.3 Å². The molecule has 0 aliphatic carbocycles. The second-order valence-electron chi connectivity index (χ2n) is 9.81. The monoisotopic (exact) mass is 617 g/mol. The maximum atomic E-state index is 14.2. The highest BCUT2D eigenvalue weighted by Gasteiger charge is 2.34. The molecule has 41 heavy (non-hydrogen) atoms. The summed E-state index contributed by atoms with van der Waals surface area (Å²) in [6, 6.07) is 19.1. The van der Waals surface area contributed by atoms with E-state index in [1.807, 2.05) is 39.8 Å². The van der Waals surface area contributed by atoms with Crippen LogP contribution >= 0.6 is 23.2 Å². The topological polar surface area (TPSA) is 86.8 Å². The van der Waals surface area contributed by atoms with Gasteiger partial charge in [0.15, 0.2) is 0 Å². The number of halogens is 2. The fourth-order valence-electron chi connectivity index (χ4n) is 4.48. The van der Waals surface area contributed by atoms with Crippen molar-refractivity contribution in [3.05, 3.63) is 94.0 Å². The van der Waals surface area contributed by atoms with E-state index in [1.54, 1.807) is 48.5 Å². The molecule has 0 aromatic heterocycles. The Morgan fingerprint density at radius 3 is 2.15 bits per heavy atom. The third-order valence-electron chi connectivity index (χ3n) is 6.99. The van der Waals surface area contributed by atoms with Crippen LogP contribution in [0.2, 0.25) is 10.0 Å². The van der Waals surface area contributed by atoms with Gasteiger partial charge >= 0.3 is 0 Å². The highest BCUT2D eigenvalue weighted by Crippen LogP contribution is 2.29. The van der Waals surface area contributed by atoms with Crippen molar-refractivity contribution in [3.8, 4) is 0 Å². The highest BCUT2D eigenvalue weighted by molar-refractivity contribution is 7.92. The van der Waals surface area contributed by atoms with Crippen LogP contribution in [0.15, 0.2) is 77.7 Å². The molecule has 1 N–H and O–H groups in total. The highest BCUT2D eigenvalue weighted by atomic mass is 35.5. The van der Waals surface area contributed by atoms with Gasteiger partial charge in [0.25, 0.3) is 10.0 Å². The quantitative estimate of drug-likeness (QED) is 0.238. The summed E-state index contributed by atoms with van der Waals surface area (Å²) in [5.74, 6) is -0.848. The molecule has 0 saturated heterocycles. The minimum absolute atomic E-state index is 0.00405. The van der Waals surface area contributed by atoms with Crippen LogP contribution in [-0.4, -0.2) is 43.8 Å². The summed E-state index contributed by atoms with van der Waals surface area (Å²) in [6.07, 6.45) is 1.59. The predicted molar refractivity (Wildman–Crippen MR) is 166 cm³/mol. The number of hydrogen-bond acceptors (Lipinski definition) is 4. The zero-order valence-electron chi connectivity index (χ0n) is 23.8. The predicted octanol–water partition coefficient (Wildman–Crippen LogP) is 6.47. The van der Waals surface area contributed by atoms with Gasteiger partial charge in [-0.15, -0.1) is 0 Å². The molecule has 0 saturated carbocycles. The van der Waals surface area contributed by atoms with Gasteiger partial charge in [0.1, 0.15) is 12.6 Å². The minimum Gasteiger partial charge on any atom is -0.352 e. The Kier molecular flexibility index (Phi) is 11.6. The Bertz CT molecular complexity index is 1450. The SMILES string of the molecule is CCc1ccccc1N(CC(=O)N(Cc1ccc(Cl)cc1Cl)[C@H](CC)C(=O)N[C@H](C)CC)S(=O)(=O)c1ccccc1. The molecule has 2 atom stereocenters. The van der Waals surface area contributed by atoms with Crippen LogP contribution in [0.3, 0.4) is 0 Å². The Balaban J connectivity index is 2.11. The van der Waals surface area contributed by atoms with Crippen LogP contribution in [0.1, 0.15) is 51.7 Å². The molecular weight excluding hydrogens is 581 g/mol. The van der Waals surface area contributed by atoms with Gasteiger partial charge in [0.05, 0.1) is 10.6 Å². The van der Waals surface area contributed by atoms with E-state index in [4.69, 9.17) is 23.2 Å². The van der Waals surface area contributed by atoms with Crippen molar-refractivity contribution in [2.24, 2.45) is 0 Å². The number of nitrogens with zero attached hydrogens (tertiary/aromatic N) is 2. The molecule has 0 aliphatic heterocycles. The van der Waals surface area contributed by atoms with E-state index >= 15 is 0 Å². The lowest BCUT2D eigenvalue weighted by Gasteiger charge is -2.34. The number of hydrogen-bond donors (Lipinski definition) is 1. The number of carbonyl (C=O) groups excluding carboxylic acids is 2. The molecule has 0 fully saturated rings. The minimum atomic E-state index is -4.14. The van der Waals surface area contributed by atoms with E-state index in [0.29, 0.717) is 34.1 Å². The number of aryl methyl sites for hydroxylation is 1. The number of para-hydroxylation sites is 1. The summed E-state index contributed by atoms with van der Waals surface area (Å²) in [7, 11) is -4.14. The van der Waals surface area contributed by atoms with Crippen LogP contribution in [-0.2, 0) is 32.6 Å². The van der Waals surface area contributed by atoms with Crippen molar-refractivity contribution in [1.29, 1.82) is 0 Å².